The number of methoxy groups -OCH3 is 1. The van der Waals surface area contributed by atoms with Gasteiger partial charge in [0.05, 0.1) is 7.11 Å². The lowest BCUT2D eigenvalue weighted by Gasteiger charge is -2.33. The highest BCUT2D eigenvalue weighted by Crippen LogP contribution is 2.44. The van der Waals surface area contributed by atoms with E-state index < -0.39 is 0 Å². The third kappa shape index (κ3) is 1.57. The van der Waals surface area contributed by atoms with Crippen molar-refractivity contribution in [1.82, 2.24) is 4.90 Å². The molecule has 1 aliphatic heterocycles. The summed E-state index contributed by atoms with van der Waals surface area (Å²) in [6.45, 7) is 1.14. The molecule has 0 spiro atoms. The van der Waals surface area contributed by atoms with Crippen LogP contribution in [-0.2, 0) is 9.53 Å². The lowest BCUT2D eigenvalue weighted by molar-refractivity contribution is -0.148. The fourth-order valence-corrected chi connectivity index (χ4v) is 3.43. The molecule has 2 saturated carbocycles. The second-order valence-electron chi connectivity index (χ2n) is 5.34. The normalized spacial score (nSPS) is 36.9. The third-order valence-electron chi connectivity index (χ3n) is 4.32. The van der Waals surface area contributed by atoms with Gasteiger partial charge in [0.2, 0.25) is 0 Å². The van der Waals surface area contributed by atoms with Gasteiger partial charge in [-0.2, -0.15) is 0 Å². The summed E-state index contributed by atoms with van der Waals surface area (Å²) in [6.07, 6.45) is 6.42. The Morgan fingerprint density at radius 2 is 2.13 bits per heavy atom. The van der Waals surface area contributed by atoms with Gasteiger partial charge in [-0.1, -0.05) is 0 Å². The number of nitrogens with zero attached hydrogens (tertiary/aromatic N) is 1. The molecule has 3 rings (SSSR count). The lowest BCUT2D eigenvalue weighted by atomic mass is 10.1. The van der Waals surface area contributed by atoms with Crippen LogP contribution >= 0.6 is 0 Å². The predicted molar refractivity (Wildman–Crippen MR) is 56.4 cm³/mol. The standard InChI is InChI=1S/C12H19NO2/c1-15-12(14)11(9-3-4-9)13-7-8-2-5-10(13)6-8/h8-11H,2-7H2,1H3. The second kappa shape index (κ2) is 3.48. The molecule has 3 nitrogen and oxygen atoms in total. The highest BCUT2D eigenvalue weighted by Gasteiger charge is 2.48. The zero-order valence-electron chi connectivity index (χ0n) is 9.32. The van der Waals surface area contributed by atoms with E-state index in [9.17, 15) is 4.79 Å². The summed E-state index contributed by atoms with van der Waals surface area (Å²) in [4.78, 5) is 14.2. The number of hydrogen-bond acceptors (Lipinski definition) is 3. The molecule has 84 valence electrons. The van der Waals surface area contributed by atoms with Crippen molar-refractivity contribution < 1.29 is 9.53 Å². The average Bonchev–Trinajstić information content (AvgIpc) is 2.86. The van der Waals surface area contributed by atoms with E-state index >= 15 is 0 Å². The molecule has 1 heterocycles. The molecule has 2 bridgehead atoms. The van der Waals surface area contributed by atoms with Crippen LogP contribution < -0.4 is 0 Å². The number of esters is 1. The number of carbonyl (C=O) groups excluding carboxylic acids is 1. The first-order valence-corrected chi connectivity index (χ1v) is 6.13. The maximum Gasteiger partial charge on any atom is 0.323 e. The Kier molecular flexibility index (Phi) is 2.23. The molecule has 3 aliphatic rings. The fourth-order valence-electron chi connectivity index (χ4n) is 3.43. The van der Waals surface area contributed by atoms with Gasteiger partial charge in [-0.3, -0.25) is 9.69 Å². The summed E-state index contributed by atoms with van der Waals surface area (Å²) in [6, 6.07) is 0.769. The van der Waals surface area contributed by atoms with Gasteiger partial charge < -0.3 is 4.74 Å². The predicted octanol–water partition coefficient (Wildman–Crippen LogP) is 1.42. The first-order valence-electron chi connectivity index (χ1n) is 6.13. The Hall–Kier alpha value is -0.570. The van der Waals surface area contributed by atoms with Gasteiger partial charge in [0.15, 0.2) is 0 Å². The molecule has 15 heavy (non-hydrogen) atoms. The van der Waals surface area contributed by atoms with E-state index in [0.29, 0.717) is 12.0 Å². The quantitative estimate of drug-likeness (QED) is 0.658. The van der Waals surface area contributed by atoms with Crippen molar-refractivity contribution in [2.24, 2.45) is 11.8 Å². The van der Waals surface area contributed by atoms with Crippen molar-refractivity contribution in [3.63, 3.8) is 0 Å². The number of carbonyl (C=O) groups is 1. The van der Waals surface area contributed by atoms with Crippen molar-refractivity contribution >= 4 is 5.97 Å². The minimum atomic E-state index is 0.00468. The molecule has 3 atom stereocenters. The van der Waals surface area contributed by atoms with Gasteiger partial charge in [-0.25, -0.2) is 0 Å². The molecule has 0 radical (unpaired) electrons. The van der Waals surface area contributed by atoms with E-state index in [1.54, 1.807) is 0 Å². The molecule has 0 N–H and O–H groups in total. The van der Waals surface area contributed by atoms with Crippen molar-refractivity contribution in [1.29, 1.82) is 0 Å². The van der Waals surface area contributed by atoms with Crippen LogP contribution in [0.1, 0.15) is 32.1 Å². The molecular formula is C12H19NO2. The molecule has 3 fully saturated rings. The maximum absolute atomic E-state index is 11.8. The minimum Gasteiger partial charge on any atom is -0.468 e. The second-order valence-corrected chi connectivity index (χ2v) is 5.34. The van der Waals surface area contributed by atoms with E-state index in [0.717, 1.165) is 12.5 Å². The van der Waals surface area contributed by atoms with Gasteiger partial charge >= 0.3 is 5.97 Å². The Balaban J connectivity index is 1.74. The van der Waals surface area contributed by atoms with Gasteiger partial charge in [0.25, 0.3) is 0 Å². The van der Waals surface area contributed by atoms with E-state index in [2.05, 4.69) is 4.90 Å². The van der Waals surface area contributed by atoms with Crippen molar-refractivity contribution in [3.05, 3.63) is 0 Å². The summed E-state index contributed by atoms with van der Waals surface area (Å²) < 4.78 is 4.95. The Morgan fingerprint density at radius 3 is 2.60 bits per heavy atom. The molecule has 0 aromatic carbocycles. The molecule has 0 aromatic rings. The summed E-state index contributed by atoms with van der Waals surface area (Å²) in [5.74, 6) is 1.46. The number of likely N-dealkylation sites (tertiary alicyclic amines) is 1. The smallest absolute Gasteiger partial charge is 0.323 e. The number of rotatable bonds is 3. The zero-order chi connectivity index (χ0) is 10.4. The average molecular weight is 209 g/mol. The van der Waals surface area contributed by atoms with E-state index in [-0.39, 0.29) is 12.0 Å². The Morgan fingerprint density at radius 1 is 1.33 bits per heavy atom. The van der Waals surface area contributed by atoms with Crippen LogP contribution in [0.4, 0.5) is 0 Å². The topological polar surface area (TPSA) is 29.5 Å². The molecule has 3 heteroatoms. The van der Waals surface area contributed by atoms with Crippen LogP contribution in [0.2, 0.25) is 0 Å². The molecule has 0 amide bonds. The van der Waals surface area contributed by atoms with Crippen LogP contribution in [-0.4, -0.2) is 36.6 Å². The molecule has 1 saturated heterocycles. The first kappa shape index (κ1) is 9.64. The molecule has 3 unspecified atom stereocenters. The summed E-state index contributed by atoms with van der Waals surface area (Å²) in [5.41, 5.74) is 0. The van der Waals surface area contributed by atoms with E-state index in [1.165, 1.54) is 39.2 Å². The Bertz CT molecular complexity index is 275. The van der Waals surface area contributed by atoms with Crippen molar-refractivity contribution in [2.75, 3.05) is 13.7 Å². The minimum absolute atomic E-state index is 0.00468. The van der Waals surface area contributed by atoms with Gasteiger partial charge in [0, 0.05) is 12.6 Å². The summed E-state index contributed by atoms with van der Waals surface area (Å²) in [5, 5.41) is 0. The van der Waals surface area contributed by atoms with Crippen LogP contribution in [0.15, 0.2) is 0 Å². The van der Waals surface area contributed by atoms with Crippen LogP contribution in [0.3, 0.4) is 0 Å². The lowest BCUT2D eigenvalue weighted by Crippen LogP contribution is -2.47. The van der Waals surface area contributed by atoms with E-state index in [1.807, 2.05) is 0 Å². The number of ether oxygens (including phenoxy) is 1. The molecular weight excluding hydrogens is 190 g/mol. The monoisotopic (exact) mass is 209 g/mol. The van der Waals surface area contributed by atoms with Crippen molar-refractivity contribution in [2.45, 2.75) is 44.2 Å². The van der Waals surface area contributed by atoms with Crippen LogP contribution in [0, 0.1) is 11.8 Å². The highest BCUT2D eigenvalue weighted by molar-refractivity contribution is 5.76. The fraction of sp³-hybridized carbons (Fsp3) is 0.917. The highest BCUT2D eigenvalue weighted by atomic mass is 16.5. The SMILES string of the molecule is COC(=O)C(C1CC1)N1CC2CCC1C2. The summed E-state index contributed by atoms with van der Waals surface area (Å²) >= 11 is 0. The maximum atomic E-state index is 11.8. The number of fused-ring (bicyclic) bond motifs is 2. The molecule has 2 aliphatic carbocycles. The van der Waals surface area contributed by atoms with E-state index in [4.69, 9.17) is 4.74 Å². The van der Waals surface area contributed by atoms with Gasteiger partial charge in [-0.05, 0) is 43.9 Å². The van der Waals surface area contributed by atoms with Crippen LogP contribution in [0.5, 0.6) is 0 Å². The largest absolute Gasteiger partial charge is 0.468 e. The zero-order valence-corrected chi connectivity index (χ0v) is 9.32. The first-order chi connectivity index (χ1) is 7.29. The molecule has 0 aromatic heterocycles. The van der Waals surface area contributed by atoms with Gasteiger partial charge in [0.1, 0.15) is 6.04 Å². The number of hydrogen-bond donors (Lipinski definition) is 0. The third-order valence-corrected chi connectivity index (χ3v) is 4.32. The Labute approximate surface area is 90.8 Å². The summed E-state index contributed by atoms with van der Waals surface area (Å²) in [7, 11) is 1.52. The van der Waals surface area contributed by atoms with Gasteiger partial charge in [-0.15, -0.1) is 0 Å². The van der Waals surface area contributed by atoms with Crippen LogP contribution in [0.25, 0.3) is 0 Å². The van der Waals surface area contributed by atoms with Crippen molar-refractivity contribution in [3.8, 4) is 0 Å². The number of piperidine rings is 1.